The van der Waals surface area contributed by atoms with Gasteiger partial charge in [0.1, 0.15) is 18.1 Å². The Morgan fingerprint density at radius 1 is 1.37 bits per heavy atom. The number of aldehydes is 1. The Morgan fingerprint density at radius 3 is 3.00 bits per heavy atom. The Balaban J connectivity index is 1.78. The zero-order valence-corrected chi connectivity index (χ0v) is 15.0. The molecule has 0 unspecified atom stereocenters. The molecule has 1 saturated heterocycles. The van der Waals surface area contributed by atoms with Gasteiger partial charge < -0.3 is 14.7 Å². The first kappa shape index (κ1) is 18.6. The monoisotopic (exact) mass is 366 g/mol. The number of carbonyl (C=O) groups excluding carboxylic acids is 2. The molecular weight excluding hydrogens is 344 g/mol. The van der Waals surface area contributed by atoms with Gasteiger partial charge in [0, 0.05) is 24.5 Å². The molecule has 6 nitrogen and oxygen atoms in total. The third-order valence-electron chi connectivity index (χ3n) is 4.78. The van der Waals surface area contributed by atoms with Crippen molar-refractivity contribution in [3.05, 3.63) is 59.9 Å². The van der Waals surface area contributed by atoms with Crippen LogP contribution in [0.15, 0.2) is 43.2 Å². The molecular formula is C21H22N2O4. The molecule has 6 heteroatoms. The Kier molecular flexibility index (Phi) is 5.86. The van der Waals surface area contributed by atoms with Crippen LogP contribution in [-0.4, -0.2) is 46.4 Å². The lowest BCUT2D eigenvalue weighted by Gasteiger charge is -2.36. The topological polar surface area (TPSA) is 79.7 Å². The van der Waals surface area contributed by atoms with E-state index >= 15 is 0 Å². The van der Waals surface area contributed by atoms with Crippen molar-refractivity contribution in [2.24, 2.45) is 0 Å². The molecule has 1 atom stereocenters. The number of likely N-dealkylation sites (tertiary alicyclic amines) is 1. The zero-order valence-electron chi connectivity index (χ0n) is 15.0. The van der Waals surface area contributed by atoms with Crippen LogP contribution in [0.2, 0.25) is 0 Å². The first-order chi connectivity index (χ1) is 13.2. The number of hydrogen-bond donors (Lipinski definition) is 1. The second-order valence-corrected chi connectivity index (χ2v) is 6.43. The van der Waals surface area contributed by atoms with Crippen molar-refractivity contribution in [2.45, 2.75) is 25.3 Å². The van der Waals surface area contributed by atoms with Crippen molar-refractivity contribution < 1.29 is 19.4 Å². The first-order valence-corrected chi connectivity index (χ1v) is 8.93. The number of nitrogens with zero attached hydrogens (tertiary/aromatic N) is 2. The van der Waals surface area contributed by atoms with E-state index < -0.39 is 0 Å². The third kappa shape index (κ3) is 4.00. The predicted octanol–water partition coefficient (Wildman–Crippen LogP) is 3.32. The number of phenols is 1. The van der Waals surface area contributed by atoms with Crippen LogP contribution in [-0.2, 0) is 0 Å². The van der Waals surface area contributed by atoms with E-state index in [0.717, 1.165) is 19.3 Å². The molecule has 1 N–H and O–H groups in total. The fraction of sp³-hybridized carbons (Fsp3) is 0.286. The molecule has 0 radical (unpaired) electrons. The van der Waals surface area contributed by atoms with Crippen LogP contribution in [0.25, 0.3) is 6.08 Å². The second kappa shape index (κ2) is 8.49. The van der Waals surface area contributed by atoms with Gasteiger partial charge in [-0.25, -0.2) is 0 Å². The van der Waals surface area contributed by atoms with Gasteiger partial charge in [-0.3, -0.25) is 14.6 Å². The highest BCUT2D eigenvalue weighted by atomic mass is 16.5. The first-order valence-electron chi connectivity index (χ1n) is 8.93. The summed E-state index contributed by atoms with van der Waals surface area (Å²) in [4.78, 5) is 29.9. The fourth-order valence-electron chi connectivity index (χ4n) is 3.34. The number of benzene rings is 1. The normalized spacial score (nSPS) is 16.6. The van der Waals surface area contributed by atoms with Crippen molar-refractivity contribution in [3.63, 3.8) is 0 Å². The highest BCUT2D eigenvalue weighted by molar-refractivity contribution is 6.01. The number of amides is 1. The summed E-state index contributed by atoms with van der Waals surface area (Å²) in [7, 11) is 0. The van der Waals surface area contributed by atoms with Gasteiger partial charge in [-0.1, -0.05) is 18.7 Å². The zero-order chi connectivity index (χ0) is 19.2. The minimum absolute atomic E-state index is 0.103. The van der Waals surface area contributed by atoms with Crippen LogP contribution in [0.1, 0.15) is 45.5 Å². The molecule has 3 rings (SSSR count). The molecule has 0 spiro atoms. The Morgan fingerprint density at radius 2 is 2.22 bits per heavy atom. The molecule has 27 heavy (non-hydrogen) atoms. The molecule has 1 aromatic carbocycles. The minimum atomic E-state index is -0.187. The van der Waals surface area contributed by atoms with E-state index in [4.69, 9.17) is 4.74 Å². The maximum Gasteiger partial charge on any atom is 0.255 e. The lowest BCUT2D eigenvalue weighted by molar-refractivity contribution is 0.0526. The molecule has 2 heterocycles. The van der Waals surface area contributed by atoms with Gasteiger partial charge in [0.15, 0.2) is 6.29 Å². The third-order valence-corrected chi connectivity index (χ3v) is 4.78. The average molecular weight is 366 g/mol. The van der Waals surface area contributed by atoms with E-state index in [1.54, 1.807) is 35.2 Å². The van der Waals surface area contributed by atoms with Crippen LogP contribution in [0.4, 0.5) is 0 Å². The van der Waals surface area contributed by atoms with E-state index in [1.165, 1.54) is 12.4 Å². The van der Waals surface area contributed by atoms with Crippen molar-refractivity contribution in [1.82, 2.24) is 9.88 Å². The van der Waals surface area contributed by atoms with E-state index in [2.05, 4.69) is 11.6 Å². The molecule has 1 aliphatic rings. The molecule has 0 aliphatic carbocycles. The van der Waals surface area contributed by atoms with Gasteiger partial charge in [-0.2, -0.15) is 0 Å². The largest absolute Gasteiger partial charge is 0.507 e. The van der Waals surface area contributed by atoms with E-state index in [0.29, 0.717) is 36.3 Å². The van der Waals surface area contributed by atoms with Gasteiger partial charge in [0.2, 0.25) is 0 Å². The molecule has 1 fully saturated rings. The standard InChI is InChI=1S/C21H22N2O4/c1-2-17-19(25)7-5-8-20(17)27-14-16-6-3-4-11-23(16)21(26)18-9-10-22-12-15(18)13-24/h2,5,7-10,12-13,16,25H,1,3-4,6,11,14H2/t16-/m0/s1. The van der Waals surface area contributed by atoms with E-state index in [9.17, 15) is 14.7 Å². The highest BCUT2D eigenvalue weighted by Gasteiger charge is 2.29. The molecule has 1 aliphatic heterocycles. The summed E-state index contributed by atoms with van der Waals surface area (Å²) < 4.78 is 5.91. The van der Waals surface area contributed by atoms with Gasteiger partial charge in [-0.05, 0) is 37.5 Å². The molecule has 1 aromatic heterocycles. The number of hydrogen-bond acceptors (Lipinski definition) is 5. The van der Waals surface area contributed by atoms with Crippen LogP contribution in [0, 0.1) is 0 Å². The lowest BCUT2D eigenvalue weighted by Crippen LogP contribution is -2.47. The number of pyridine rings is 1. The molecule has 0 saturated carbocycles. The van der Waals surface area contributed by atoms with Crippen molar-refractivity contribution >= 4 is 18.3 Å². The summed E-state index contributed by atoms with van der Waals surface area (Å²) in [6.45, 7) is 4.62. The fourth-order valence-corrected chi connectivity index (χ4v) is 3.34. The summed E-state index contributed by atoms with van der Waals surface area (Å²) in [5.41, 5.74) is 1.18. The predicted molar refractivity (Wildman–Crippen MR) is 102 cm³/mol. The molecule has 0 bridgehead atoms. The quantitative estimate of drug-likeness (QED) is 0.794. The number of rotatable bonds is 6. The summed E-state index contributed by atoms with van der Waals surface area (Å²) in [5, 5.41) is 9.92. The maximum atomic E-state index is 13.0. The summed E-state index contributed by atoms with van der Waals surface area (Å²) in [6, 6.07) is 6.50. The molecule has 2 aromatic rings. The van der Waals surface area contributed by atoms with Gasteiger partial charge in [0.25, 0.3) is 5.91 Å². The number of phenolic OH excluding ortho intramolecular Hbond substituents is 1. The van der Waals surface area contributed by atoms with Gasteiger partial charge >= 0.3 is 0 Å². The Labute approximate surface area is 158 Å². The van der Waals surface area contributed by atoms with Crippen molar-refractivity contribution in [1.29, 1.82) is 0 Å². The Hall–Kier alpha value is -3.15. The lowest BCUT2D eigenvalue weighted by atomic mass is 10.0. The number of carbonyl (C=O) groups is 2. The van der Waals surface area contributed by atoms with E-state index in [1.807, 2.05) is 0 Å². The summed E-state index contributed by atoms with van der Waals surface area (Å²) >= 11 is 0. The number of aromatic nitrogens is 1. The minimum Gasteiger partial charge on any atom is -0.507 e. The highest BCUT2D eigenvalue weighted by Crippen LogP contribution is 2.29. The molecule has 1 amide bonds. The van der Waals surface area contributed by atoms with E-state index in [-0.39, 0.29) is 23.3 Å². The smallest absolute Gasteiger partial charge is 0.255 e. The molecule has 140 valence electrons. The Bertz CT molecular complexity index is 850. The number of piperidine rings is 1. The van der Waals surface area contributed by atoms with Gasteiger partial charge in [-0.15, -0.1) is 0 Å². The van der Waals surface area contributed by atoms with Crippen LogP contribution in [0.3, 0.4) is 0 Å². The number of ether oxygens (including phenoxy) is 1. The van der Waals surface area contributed by atoms with Crippen LogP contribution < -0.4 is 4.74 Å². The number of aromatic hydroxyl groups is 1. The second-order valence-electron chi connectivity index (χ2n) is 6.43. The van der Waals surface area contributed by atoms with Gasteiger partial charge in [0.05, 0.1) is 17.2 Å². The van der Waals surface area contributed by atoms with Crippen molar-refractivity contribution in [2.75, 3.05) is 13.2 Å². The average Bonchev–Trinajstić information content (AvgIpc) is 2.72. The van der Waals surface area contributed by atoms with Crippen LogP contribution in [0.5, 0.6) is 11.5 Å². The van der Waals surface area contributed by atoms with Crippen molar-refractivity contribution in [3.8, 4) is 11.5 Å². The SMILES string of the molecule is C=Cc1c(O)cccc1OC[C@@H]1CCCCN1C(=O)c1ccncc1C=O. The summed E-state index contributed by atoms with van der Waals surface area (Å²) in [6.07, 6.45) is 7.84. The maximum absolute atomic E-state index is 13.0. The summed E-state index contributed by atoms with van der Waals surface area (Å²) in [5.74, 6) is 0.444. The van der Waals surface area contributed by atoms with Crippen LogP contribution >= 0.6 is 0 Å².